The number of hydrogen-bond acceptors (Lipinski definition) is 13. The Morgan fingerprint density at radius 2 is 1.22 bits per heavy atom. The van der Waals surface area contributed by atoms with Gasteiger partial charge in [0.1, 0.15) is 41.4 Å². The number of aliphatic carboxylic acids is 2. The number of carboxylic acid groups (broad SMARTS) is 2. The second kappa shape index (κ2) is 26.8. The molecule has 20 nitrogen and oxygen atoms in total. The lowest BCUT2D eigenvalue weighted by atomic mass is 9.80. The molecule has 346 valence electrons. The maximum absolute atomic E-state index is 13.2. The number of esters is 2. The summed E-state index contributed by atoms with van der Waals surface area (Å²) < 4.78 is 20.3. The van der Waals surface area contributed by atoms with E-state index in [0.29, 0.717) is 0 Å². The lowest BCUT2D eigenvalue weighted by molar-refractivity contribution is -0.149. The number of rotatable bonds is 22. The molecule has 0 aliphatic carbocycles. The highest BCUT2D eigenvalue weighted by Gasteiger charge is 2.49. The van der Waals surface area contributed by atoms with Gasteiger partial charge in [-0.05, 0) is 93.4 Å². The maximum Gasteiger partial charge on any atom is 0.411 e. The summed E-state index contributed by atoms with van der Waals surface area (Å²) in [5.41, 5.74) is -2.82. The van der Waals surface area contributed by atoms with Gasteiger partial charge < -0.3 is 50.4 Å². The van der Waals surface area contributed by atoms with Crippen molar-refractivity contribution in [3.63, 3.8) is 0 Å². The van der Waals surface area contributed by atoms with Crippen LogP contribution in [-0.4, -0.2) is 130 Å². The van der Waals surface area contributed by atoms with Crippen molar-refractivity contribution in [3.8, 4) is 0 Å². The van der Waals surface area contributed by atoms with Crippen LogP contribution in [0.3, 0.4) is 0 Å². The summed E-state index contributed by atoms with van der Waals surface area (Å²) in [6, 6.07) is -3.43. The van der Waals surface area contributed by atoms with Crippen molar-refractivity contribution in [3.05, 3.63) is 0 Å². The molecule has 60 heavy (non-hydrogen) atoms. The number of nitrogens with one attached hydrogen (secondary N) is 4. The summed E-state index contributed by atoms with van der Waals surface area (Å²) in [7, 11) is 0. The number of ether oxygens (including phenoxy) is 4. The molecule has 0 aromatic rings. The number of carbonyl (C=O) groups is 9. The molecule has 5 amide bonds. The van der Waals surface area contributed by atoms with Crippen LogP contribution in [0.1, 0.15) is 129 Å². The quantitative estimate of drug-likeness (QED) is 0.0671. The summed E-state index contributed by atoms with van der Waals surface area (Å²) in [6.45, 7) is 24.0. The van der Waals surface area contributed by atoms with Crippen LogP contribution in [0, 0.1) is 11.8 Å². The first-order valence-electron chi connectivity index (χ1n) is 20.2. The number of carbonyl (C=O) groups excluding carboxylic acids is 7. The summed E-state index contributed by atoms with van der Waals surface area (Å²) in [6.07, 6.45) is -1.96. The molecular formula is C40H71N5O15. The number of carboxylic acids is 2. The monoisotopic (exact) mass is 861 g/mol. The topological polar surface area (TPSA) is 282 Å². The van der Waals surface area contributed by atoms with Crippen LogP contribution < -0.4 is 21.3 Å². The van der Waals surface area contributed by atoms with E-state index in [1.165, 1.54) is 4.90 Å². The standard InChI is InChI=1S/C21H37N3O8.C19H34N2O7/c1-8-30-16(26)11-10-14(19(28)31-9-2)23-18(27)17(13(3)4)24-15(25)12-22-20(29)32-21(5,6)7;1-8-19(12(3)4,21(9-2)17(27)28-18(5,6)7)16(26)20-13(15(24)25)10-11-14(22)23/h13-14,17H,8-12H2,1-7H3,(H,22,29)(H,23,27)(H,24,25);12-13H,8-11H2,1-7H3,(H,20,26)(H,22,23)(H,24,25)/t14-,17+;13-,19+/m11/s1. The van der Waals surface area contributed by atoms with Gasteiger partial charge in [0.15, 0.2) is 0 Å². The average Bonchev–Trinajstić information content (AvgIpc) is 3.10. The van der Waals surface area contributed by atoms with Gasteiger partial charge in [-0.3, -0.25) is 28.9 Å². The first-order chi connectivity index (χ1) is 27.5. The van der Waals surface area contributed by atoms with Crippen molar-refractivity contribution in [2.24, 2.45) is 11.8 Å². The van der Waals surface area contributed by atoms with Crippen molar-refractivity contribution >= 4 is 53.8 Å². The fourth-order valence-corrected chi connectivity index (χ4v) is 5.63. The van der Waals surface area contributed by atoms with Crippen molar-refractivity contribution in [1.82, 2.24) is 26.2 Å². The van der Waals surface area contributed by atoms with Gasteiger partial charge in [-0.15, -0.1) is 0 Å². The number of amides is 5. The minimum atomic E-state index is -1.37. The zero-order valence-corrected chi connectivity index (χ0v) is 37.9. The first-order valence-corrected chi connectivity index (χ1v) is 20.2. The van der Waals surface area contributed by atoms with Gasteiger partial charge in [0, 0.05) is 19.4 Å². The van der Waals surface area contributed by atoms with Gasteiger partial charge in [0.25, 0.3) is 0 Å². The zero-order chi connectivity index (χ0) is 47.2. The van der Waals surface area contributed by atoms with Crippen molar-refractivity contribution in [1.29, 1.82) is 0 Å². The highest BCUT2D eigenvalue weighted by atomic mass is 16.6. The number of hydrogen-bond donors (Lipinski definition) is 6. The molecule has 0 spiro atoms. The van der Waals surface area contributed by atoms with E-state index in [0.717, 1.165) is 0 Å². The van der Waals surface area contributed by atoms with Crippen LogP contribution >= 0.6 is 0 Å². The van der Waals surface area contributed by atoms with Gasteiger partial charge in [-0.25, -0.2) is 19.2 Å². The van der Waals surface area contributed by atoms with Gasteiger partial charge in [0.05, 0.1) is 13.2 Å². The molecule has 0 rings (SSSR count). The Morgan fingerprint density at radius 3 is 1.63 bits per heavy atom. The molecule has 0 heterocycles. The molecule has 0 unspecified atom stereocenters. The highest BCUT2D eigenvalue weighted by molar-refractivity contribution is 5.94. The Bertz CT molecular complexity index is 1450. The zero-order valence-electron chi connectivity index (χ0n) is 37.9. The smallest absolute Gasteiger partial charge is 0.411 e. The molecule has 0 bridgehead atoms. The normalized spacial score (nSPS) is 13.7. The Hall–Kier alpha value is -5.17. The predicted octanol–water partition coefficient (Wildman–Crippen LogP) is 3.53. The van der Waals surface area contributed by atoms with Gasteiger partial charge >= 0.3 is 36.1 Å². The maximum atomic E-state index is 13.2. The van der Waals surface area contributed by atoms with Crippen LogP contribution in [0.4, 0.5) is 9.59 Å². The summed E-state index contributed by atoms with van der Waals surface area (Å²) in [5.74, 6) is -6.22. The fraction of sp³-hybridized carbons (Fsp3) is 0.775. The van der Waals surface area contributed by atoms with E-state index >= 15 is 0 Å². The summed E-state index contributed by atoms with van der Waals surface area (Å²) >= 11 is 0. The molecule has 0 aromatic heterocycles. The van der Waals surface area contributed by atoms with Gasteiger partial charge in [-0.1, -0.05) is 34.6 Å². The molecule has 0 saturated carbocycles. The molecule has 0 aromatic carbocycles. The Balaban J connectivity index is 0. The van der Waals surface area contributed by atoms with Crippen LogP contribution in [0.2, 0.25) is 0 Å². The number of likely N-dealkylation sites (N-methyl/N-ethyl adjacent to an activating group) is 1. The van der Waals surface area contributed by atoms with E-state index in [4.69, 9.17) is 24.1 Å². The SMILES string of the molecule is CCN(C(=O)OC(C)(C)C)[C@](CC)(C(=O)N[C@H](CCC(=O)O)C(=O)O)C(C)C.CCOC(=O)CC[C@@H](NC(=O)[C@@H](NC(=O)CNC(=O)OC(C)(C)C)C(C)C)C(=O)OCC. The molecule has 0 fully saturated rings. The summed E-state index contributed by atoms with van der Waals surface area (Å²) in [5, 5.41) is 28.0. The van der Waals surface area contributed by atoms with Crippen LogP contribution in [0.15, 0.2) is 0 Å². The second-order valence-corrected chi connectivity index (χ2v) is 16.3. The molecule has 6 N–H and O–H groups in total. The van der Waals surface area contributed by atoms with E-state index in [2.05, 4.69) is 21.3 Å². The van der Waals surface area contributed by atoms with Gasteiger partial charge in [-0.2, -0.15) is 0 Å². The third kappa shape index (κ3) is 21.7. The molecule has 0 radical (unpaired) electrons. The van der Waals surface area contributed by atoms with E-state index in [9.17, 15) is 48.3 Å². The van der Waals surface area contributed by atoms with E-state index in [-0.39, 0.29) is 57.3 Å². The highest BCUT2D eigenvalue weighted by Crippen LogP contribution is 2.31. The van der Waals surface area contributed by atoms with Crippen molar-refractivity contribution in [2.45, 2.75) is 164 Å². The van der Waals surface area contributed by atoms with Crippen LogP contribution in [0.25, 0.3) is 0 Å². The minimum Gasteiger partial charge on any atom is -0.481 e. The third-order valence-electron chi connectivity index (χ3n) is 8.44. The third-order valence-corrected chi connectivity index (χ3v) is 8.44. The molecule has 0 aliphatic heterocycles. The van der Waals surface area contributed by atoms with E-state index in [1.54, 1.807) is 96.9 Å². The van der Waals surface area contributed by atoms with E-state index < -0.39 is 102 Å². The summed E-state index contributed by atoms with van der Waals surface area (Å²) in [4.78, 5) is 110. The largest absolute Gasteiger partial charge is 0.481 e. The number of nitrogens with zero attached hydrogens (tertiary/aromatic N) is 1. The van der Waals surface area contributed by atoms with Crippen molar-refractivity contribution < 1.29 is 72.3 Å². The molecular weight excluding hydrogens is 790 g/mol. The fourth-order valence-electron chi connectivity index (χ4n) is 5.63. The lowest BCUT2D eigenvalue weighted by Crippen LogP contribution is -2.65. The van der Waals surface area contributed by atoms with E-state index in [1.807, 2.05) is 0 Å². The molecule has 20 heteroatoms. The minimum absolute atomic E-state index is 0.0115. The lowest BCUT2D eigenvalue weighted by Gasteiger charge is -2.45. The average molecular weight is 862 g/mol. The van der Waals surface area contributed by atoms with Gasteiger partial charge in [0.2, 0.25) is 17.7 Å². The van der Waals surface area contributed by atoms with Crippen LogP contribution in [-0.2, 0) is 52.5 Å². The Kier molecular flexibility index (Phi) is 25.5. The number of alkyl carbamates (subject to hydrolysis) is 1. The Morgan fingerprint density at radius 1 is 0.683 bits per heavy atom. The predicted molar refractivity (Wildman–Crippen MR) is 218 cm³/mol. The second-order valence-electron chi connectivity index (χ2n) is 16.3. The van der Waals surface area contributed by atoms with Crippen molar-refractivity contribution in [2.75, 3.05) is 26.3 Å². The first kappa shape index (κ1) is 56.9. The Labute approximate surface area is 353 Å². The molecule has 0 aliphatic rings. The van der Waals surface area contributed by atoms with Crippen LogP contribution in [0.5, 0.6) is 0 Å². The molecule has 0 saturated heterocycles. The molecule has 4 atom stereocenters.